The van der Waals surface area contributed by atoms with Gasteiger partial charge in [-0.25, -0.2) is 4.98 Å². The average Bonchev–Trinajstić information content (AvgIpc) is 2.83. The van der Waals surface area contributed by atoms with E-state index in [0.717, 1.165) is 12.5 Å². The number of pyridine rings is 1. The smallest absolute Gasteiger partial charge is 0.433 e. The number of nitrogens with zero attached hydrogens (tertiary/aromatic N) is 1. The zero-order chi connectivity index (χ0) is 16.5. The molecule has 0 aliphatic heterocycles. The molecule has 1 aromatic heterocycles. The first-order chi connectivity index (χ1) is 10.2. The molecule has 0 spiro atoms. The molecule has 1 heterocycles. The number of halogens is 4. The summed E-state index contributed by atoms with van der Waals surface area (Å²) in [7, 11) is 0. The van der Waals surface area contributed by atoms with Crippen molar-refractivity contribution >= 4 is 17.6 Å². The van der Waals surface area contributed by atoms with Gasteiger partial charge in [0.15, 0.2) is 0 Å². The molecule has 2 atom stereocenters. The summed E-state index contributed by atoms with van der Waals surface area (Å²) in [6, 6.07) is 2.39. The first-order valence-electron chi connectivity index (χ1n) is 7.16. The lowest BCUT2D eigenvalue weighted by molar-refractivity contribution is -0.149. The zero-order valence-electron chi connectivity index (χ0n) is 12.1. The minimum absolute atomic E-state index is 0.215. The topological polar surface area (TPSA) is 50.2 Å². The number of hydrogen-bond donors (Lipinski definition) is 1. The highest BCUT2D eigenvalue weighted by atomic mass is 35.5. The van der Waals surface area contributed by atoms with Crippen LogP contribution in [0.2, 0.25) is 5.15 Å². The fourth-order valence-electron chi connectivity index (χ4n) is 3.32. The lowest BCUT2D eigenvalue weighted by atomic mass is 9.80. The third kappa shape index (κ3) is 3.37. The van der Waals surface area contributed by atoms with Crippen molar-refractivity contribution in [3.8, 4) is 0 Å². The number of aliphatic carboxylic acids is 1. The van der Waals surface area contributed by atoms with Crippen molar-refractivity contribution in [1.29, 1.82) is 0 Å². The van der Waals surface area contributed by atoms with E-state index in [1.165, 1.54) is 6.07 Å². The maximum absolute atomic E-state index is 12.8. The molecule has 0 unspecified atom stereocenters. The lowest BCUT2D eigenvalue weighted by Gasteiger charge is -2.24. The molecule has 1 N–H and O–H groups in total. The van der Waals surface area contributed by atoms with Gasteiger partial charge >= 0.3 is 12.1 Å². The number of aromatic nitrogens is 1. The molecule has 122 valence electrons. The Bertz CT molecular complexity index is 576. The van der Waals surface area contributed by atoms with E-state index in [1.807, 2.05) is 6.92 Å². The van der Waals surface area contributed by atoms with Gasteiger partial charge in [-0.15, -0.1) is 0 Å². The number of carboxylic acids is 1. The predicted octanol–water partition coefficient (Wildman–Crippen LogP) is 4.89. The van der Waals surface area contributed by atoms with Crippen LogP contribution in [0.15, 0.2) is 12.1 Å². The Morgan fingerprint density at radius 3 is 2.73 bits per heavy atom. The highest BCUT2D eigenvalue weighted by Crippen LogP contribution is 2.50. The number of carbonyl (C=O) groups is 1. The van der Waals surface area contributed by atoms with E-state index in [0.29, 0.717) is 31.2 Å². The monoisotopic (exact) mass is 335 g/mol. The first kappa shape index (κ1) is 17.1. The number of carboxylic acid groups (broad SMARTS) is 1. The number of hydrogen-bond acceptors (Lipinski definition) is 2. The Kier molecular flexibility index (Phi) is 4.70. The van der Waals surface area contributed by atoms with E-state index in [2.05, 4.69) is 4.98 Å². The van der Waals surface area contributed by atoms with Gasteiger partial charge in [0.25, 0.3) is 0 Å². The Hall–Kier alpha value is -1.30. The molecule has 1 saturated carbocycles. The second-order valence-electron chi connectivity index (χ2n) is 5.88. The van der Waals surface area contributed by atoms with Crippen LogP contribution in [0, 0.1) is 5.41 Å². The van der Waals surface area contributed by atoms with Gasteiger partial charge in [-0.05, 0) is 49.3 Å². The van der Waals surface area contributed by atoms with Gasteiger partial charge in [0, 0.05) is 0 Å². The molecule has 3 nitrogen and oxygen atoms in total. The Morgan fingerprint density at radius 1 is 1.50 bits per heavy atom. The number of rotatable bonds is 4. The first-order valence-corrected chi connectivity index (χ1v) is 7.54. The van der Waals surface area contributed by atoms with Crippen LogP contribution >= 0.6 is 11.6 Å². The summed E-state index contributed by atoms with van der Waals surface area (Å²) >= 11 is 5.70. The van der Waals surface area contributed by atoms with E-state index < -0.39 is 23.3 Å². The molecule has 1 aliphatic rings. The third-order valence-corrected chi connectivity index (χ3v) is 4.56. The molecule has 0 bridgehead atoms. The summed E-state index contributed by atoms with van der Waals surface area (Å²) < 4.78 is 38.5. The summed E-state index contributed by atoms with van der Waals surface area (Å²) in [5.41, 5.74) is -1.45. The molecule has 0 amide bonds. The molecule has 2 rings (SSSR count). The summed E-state index contributed by atoms with van der Waals surface area (Å²) in [5, 5.41) is 9.26. The van der Waals surface area contributed by atoms with E-state index in [4.69, 9.17) is 11.6 Å². The maximum atomic E-state index is 12.8. The van der Waals surface area contributed by atoms with Crippen molar-refractivity contribution in [1.82, 2.24) is 4.98 Å². The highest BCUT2D eigenvalue weighted by molar-refractivity contribution is 6.29. The van der Waals surface area contributed by atoms with Crippen molar-refractivity contribution in [3.05, 3.63) is 28.5 Å². The third-order valence-electron chi connectivity index (χ3n) is 4.37. The Morgan fingerprint density at radius 2 is 2.18 bits per heavy atom. The Balaban J connectivity index is 2.31. The van der Waals surface area contributed by atoms with E-state index in [-0.39, 0.29) is 11.1 Å². The van der Waals surface area contributed by atoms with Crippen molar-refractivity contribution < 1.29 is 23.1 Å². The molecular formula is C15H17ClF3NO2. The minimum Gasteiger partial charge on any atom is -0.481 e. The zero-order valence-corrected chi connectivity index (χ0v) is 12.8. The minimum atomic E-state index is -4.56. The lowest BCUT2D eigenvalue weighted by Crippen LogP contribution is -2.27. The van der Waals surface area contributed by atoms with Gasteiger partial charge in [-0.2, -0.15) is 13.2 Å². The van der Waals surface area contributed by atoms with Gasteiger partial charge in [0.2, 0.25) is 0 Å². The second-order valence-corrected chi connectivity index (χ2v) is 6.27. The molecule has 0 radical (unpaired) electrons. The van der Waals surface area contributed by atoms with Crippen molar-refractivity contribution in [2.24, 2.45) is 5.41 Å². The predicted molar refractivity (Wildman–Crippen MR) is 75.8 cm³/mol. The van der Waals surface area contributed by atoms with E-state index in [9.17, 15) is 23.1 Å². The van der Waals surface area contributed by atoms with Crippen LogP contribution < -0.4 is 0 Å². The molecular weight excluding hydrogens is 319 g/mol. The summed E-state index contributed by atoms with van der Waals surface area (Å²) in [6.07, 6.45) is -1.95. The van der Waals surface area contributed by atoms with Crippen LogP contribution in [-0.2, 0) is 11.0 Å². The SMILES string of the molecule is CCC[C@@]1(C(=O)O)CC[C@H](c2cc(Cl)nc(C(F)(F)F)c2)C1. The normalized spacial score (nSPS) is 25.4. The number of alkyl halides is 3. The van der Waals surface area contributed by atoms with E-state index in [1.54, 1.807) is 0 Å². The summed E-state index contributed by atoms with van der Waals surface area (Å²) in [5.74, 6) is -1.10. The fraction of sp³-hybridized carbons (Fsp3) is 0.600. The van der Waals surface area contributed by atoms with Gasteiger partial charge in [0.05, 0.1) is 5.41 Å². The van der Waals surface area contributed by atoms with Crippen molar-refractivity contribution in [2.45, 2.75) is 51.1 Å². The summed E-state index contributed by atoms with van der Waals surface area (Å²) in [6.45, 7) is 1.91. The van der Waals surface area contributed by atoms with Crippen LogP contribution in [0.3, 0.4) is 0 Å². The van der Waals surface area contributed by atoms with Gasteiger partial charge in [-0.3, -0.25) is 4.79 Å². The molecule has 7 heteroatoms. The summed E-state index contributed by atoms with van der Waals surface area (Å²) in [4.78, 5) is 14.9. The largest absolute Gasteiger partial charge is 0.481 e. The standard InChI is InChI=1S/C15H17ClF3NO2/c1-2-4-14(13(21)22)5-3-9(8-14)10-6-11(15(17,18)19)20-12(16)7-10/h6-7,9H,2-5,8H2,1H3,(H,21,22)/t9-,14+/m0/s1. The average molecular weight is 336 g/mol. The van der Waals surface area contributed by atoms with Crippen molar-refractivity contribution in [2.75, 3.05) is 0 Å². The Labute approximate surface area is 131 Å². The van der Waals surface area contributed by atoms with Gasteiger partial charge in [-0.1, -0.05) is 24.9 Å². The quantitative estimate of drug-likeness (QED) is 0.797. The highest BCUT2D eigenvalue weighted by Gasteiger charge is 2.45. The second kappa shape index (κ2) is 6.07. The van der Waals surface area contributed by atoms with Crippen LogP contribution in [-0.4, -0.2) is 16.1 Å². The van der Waals surface area contributed by atoms with Crippen molar-refractivity contribution in [3.63, 3.8) is 0 Å². The molecule has 0 saturated heterocycles. The molecule has 22 heavy (non-hydrogen) atoms. The van der Waals surface area contributed by atoms with Crippen LogP contribution in [0.1, 0.15) is 56.2 Å². The van der Waals surface area contributed by atoms with Gasteiger partial charge in [0.1, 0.15) is 10.8 Å². The molecule has 0 aromatic carbocycles. The molecule has 1 aromatic rings. The maximum Gasteiger partial charge on any atom is 0.433 e. The van der Waals surface area contributed by atoms with Gasteiger partial charge < -0.3 is 5.11 Å². The fourth-order valence-corrected chi connectivity index (χ4v) is 3.53. The van der Waals surface area contributed by atoms with Crippen LogP contribution in [0.25, 0.3) is 0 Å². The molecule has 1 aliphatic carbocycles. The van der Waals surface area contributed by atoms with Crippen LogP contribution in [0.4, 0.5) is 13.2 Å². The van der Waals surface area contributed by atoms with Crippen LogP contribution in [0.5, 0.6) is 0 Å². The van der Waals surface area contributed by atoms with E-state index >= 15 is 0 Å². The molecule has 1 fully saturated rings.